The Morgan fingerprint density at radius 2 is 1.40 bits per heavy atom. The fraction of sp³-hybridized carbons (Fsp3) is 0.100. The van der Waals surface area contributed by atoms with Crippen LogP contribution < -0.4 is 15.8 Å². The zero-order valence-corrected chi connectivity index (χ0v) is 21.5. The molecule has 4 rings (SSSR count). The third-order valence-electron chi connectivity index (χ3n) is 5.34. The van der Waals surface area contributed by atoms with Gasteiger partial charge in [0.1, 0.15) is 17.9 Å². The highest BCUT2D eigenvalue weighted by atomic mass is 19.4. The summed E-state index contributed by atoms with van der Waals surface area (Å²) in [6.07, 6.45) is -3.80. The normalized spacial score (nSPS) is 11.5. The van der Waals surface area contributed by atoms with Crippen molar-refractivity contribution in [3.63, 3.8) is 0 Å². The lowest BCUT2D eigenvalue weighted by molar-refractivity contribution is -0.274. The average Bonchev–Trinajstić information content (AvgIpc) is 2.97. The first kappa shape index (κ1) is 29.4. The van der Waals surface area contributed by atoms with Crippen LogP contribution in [0.2, 0.25) is 0 Å². The second-order valence-corrected chi connectivity index (χ2v) is 8.06. The molecule has 0 fully saturated rings. The molecule has 0 radical (unpaired) electrons. The molecule has 0 amide bonds. The second-order valence-electron chi connectivity index (χ2n) is 8.06. The number of nitrogens with one attached hydrogen (secondary N) is 1. The van der Waals surface area contributed by atoms with Crippen molar-refractivity contribution in [2.24, 2.45) is 15.7 Å². The molecule has 0 aromatic heterocycles. The van der Waals surface area contributed by atoms with E-state index < -0.39 is 6.36 Å². The van der Waals surface area contributed by atoms with Crippen LogP contribution in [0.1, 0.15) is 22.8 Å². The smallest absolute Gasteiger partial charge is 0.455 e. The van der Waals surface area contributed by atoms with E-state index in [-0.39, 0.29) is 17.7 Å². The molecule has 4 aromatic rings. The van der Waals surface area contributed by atoms with Gasteiger partial charge in [-0.3, -0.25) is 4.79 Å². The maximum atomic E-state index is 12.1. The van der Waals surface area contributed by atoms with Gasteiger partial charge in [0.15, 0.2) is 6.10 Å². The van der Waals surface area contributed by atoms with Crippen molar-refractivity contribution in [1.82, 2.24) is 0 Å². The lowest BCUT2D eigenvalue weighted by atomic mass is 10.0. The van der Waals surface area contributed by atoms with Gasteiger partial charge in [0, 0.05) is 18.3 Å². The monoisotopic (exact) mass is 548 g/mol. The van der Waals surface area contributed by atoms with Crippen LogP contribution in [0, 0.1) is 0 Å². The van der Waals surface area contributed by atoms with Crippen LogP contribution in [0.25, 0.3) is 0 Å². The van der Waals surface area contributed by atoms with Crippen LogP contribution in [-0.2, 0) is 9.53 Å². The molecule has 3 N–H and O–H groups in total. The fourth-order valence-corrected chi connectivity index (χ4v) is 3.43. The number of benzene rings is 4. The summed E-state index contributed by atoms with van der Waals surface area (Å²) in [6, 6.07) is 31.8. The quantitative estimate of drug-likeness (QED) is 0.139. The number of amidine groups is 1. The van der Waals surface area contributed by atoms with Crippen LogP contribution in [-0.4, -0.2) is 32.1 Å². The number of aliphatic imine (C=N–C) groups is 2. The Labute approximate surface area is 229 Å². The summed E-state index contributed by atoms with van der Waals surface area (Å²) in [5, 5.41) is 2.99. The highest BCUT2D eigenvalue weighted by molar-refractivity contribution is 6.01. The van der Waals surface area contributed by atoms with Crippen molar-refractivity contribution in [2.45, 2.75) is 12.5 Å². The summed E-state index contributed by atoms with van der Waals surface area (Å²) in [4.78, 5) is 18.5. The van der Waals surface area contributed by atoms with Gasteiger partial charge < -0.3 is 20.5 Å². The van der Waals surface area contributed by atoms with Gasteiger partial charge in [-0.2, -0.15) is 0 Å². The Morgan fingerprint density at radius 3 is 1.88 bits per heavy atom. The minimum atomic E-state index is -4.72. The molecular weight excluding hydrogens is 521 g/mol. The van der Waals surface area contributed by atoms with Crippen molar-refractivity contribution in [1.29, 1.82) is 0 Å². The van der Waals surface area contributed by atoms with Gasteiger partial charge in [-0.05, 0) is 59.7 Å². The van der Waals surface area contributed by atoms with Crippen LogP contribution in [0.3, 0.4) is 0 Å². The van der Waals surface area contributed by atoms with Crippen molar-refractivity contribution >= 4 is 30.0 Å². The number of nitrogens with zero attached hydrogens (tertiary/aromatic N) is 2. The van der Waals surface area contributed by atoms with Gasteiger partial charge in [0.25, 0.3) is 6.47 Å². The largest absolute Gasteiger partial charge is 0.573 e. The molecule has 0 spiro atoms. The van der Waals surface area contributed by atoms with E-state index in [0.29, 0.717) is 12.2 Å². The first-order valence-corrected chi connectivity index (χ1v) is 12.0. The van der Waals surface area contributed by atoms with Crippen molar-refractivity contribution in [3.05, 3.63) is 126 Å². The summed E-state index contributed by atoms with van der Waals surface area (Å²) in [5.41, 5.74) is 9.88. The molecule has 0 unspecified atom stereocenters. The highest BCUT2D eigenvalue weighted by Gasteiger charge is 2.30. The third kappa shape index (κ3) is 9.64. The number of alkyl halides is 3. The summed E-state index contributed by atoms with van der Waals surface area (Å²) in [5.74, 6) is -0.0347. The van der Waals surface area contributed by atoms with Crippen LogP contribution in [0.4, 0.5) is 24.5 Å². The van der Waals surface area contributed by atoms with Crippen molar-refractivity contribution < 1.29 is 27.4 Å². The number of halogens is 3. The van der Waals surface area contributed by atoms with E-state index >= 15 is 0 Å². The summed E-state index contributed by atoms with van der Waals surface area (Å²) in [6.45, 7) is 0.491. The standard InChI is InChI=1S/C16H15F3N4O.C14H12O2/c1-21-12-4-2-11(3-5-12)15(20)23-10-22-13-6-8-14(9-7-13)24-16(17,18)19;15-11-16-14(12-7-3-1-4-8-12)13-9-5-2-6-10-13/h2-10,21H,1H3,(H2,20,22,23);1-11,14H. The number of carbonyl (C=O) groups excluding carboxylic acids is 1. The van der Waals surface area contributed by atoms with Gasteiger partial charge in [-0.1, -0.05) is 60.7 Å². The van der Waals surface area contributed by atoms with Crippen LogP contribution >= 0.6 is 0 Å². The SMILES string of the molecule is CNc1ccc(C(N)=NC=Nc2ccc(OC(F)(F)F)cc2)cc1.O=COC(c1ccccc1)c1ccccc1. The average molecular weight is 549 g/mol. The van der Waals surface area contributed by atoms with E-state index in [1.54, 1.807) is 0 Å². The first-order chi connectivity index (χ1) is 19.3. The second kappa shape index (κ2) is 14.7. The topological polar surface area (TPSA) is 98.3 Å². The molecule has 0 aliphatic carbocycles. The molecule has 10 heteroatoms. The first-order valence-electron chi connectivity index (χ1n) is 12.0. The van der Waals surface area contributed by atoms with Crippen LogP contribution in [0.15, 0.2) is 119 Å². The Kier molecular flexibility index (Phi) is 10.8. The zero-order valence-electron chi connectivity index (χ0n) is 21.5. The molecule has 0 saturated heterocycles. The summed E-state index contributed by atoms with van der Waals surface area (Å²) < 4.78 is 45.1. The summed E-state index contributed by atoms with van der Waals surface area (Å²) in [7, 11) is 1.81. The third-order valence-corrected chi connectivity index (χ3v) is 5.34. The number of anilines is 1. The Bertz CT molecular complexity index is 1340. The van der Waals surface area contributed by atoms with E-state index in [2.05, 4.69) is 20.0 Å². The number of ether oxygens (including phenoxy) is 2. The summed E-state index contributed by atoms with van der Waals surface area (Å²) >= 11 is 0. The van der Waals surface area contributed by atoms with Crippen molar-refractivity contribution in [2.75, 3.05) is 12.4 Å². The predicted octanol–water partition coefficient (Wildman–Crippen LogP) is 6.64. The molecule has 4 aromatic carbocycles. The molecule has 0 atom stereocenters. The molecule has 0 aliphatic rings. The number of rotatable bonds is 9. The lowest BCUT2D eigenvalue weighted by Gasteiger charge is -2.15. The zero-order chi connectivity index (χ0) is 28.8. The molecule has 0 saturated carbocycles. The Hall–Kier alpha value is -5.12. The van der Waals surface area contributed by atoms with Gasteiger partial charge in [0.2, 0.25) is 0 Å². The Balaban J connectivity index is 0.000000238. The van der Waals surface area contributed by atoms with E-state index in [1.807, 2.05) is 92.0 Å². The maximum absolute atomic E-state index is 12.1. The number of hydrogen-bond acceptors (Lipinski definition) is 5. The number of hydrogen-bond donors (Lipinski definition) is 2. The van der Waals surface area contributed by atoms with E-state index in [4.69, 9.17) is 10.5 Å². The van der Waals surface area contributed by atoms with Gasteiger partial charge >= 0.3 is 6.36 Å². The Morgan fingerprint density at radius 1 is 0.850 bits per heavy atom. The predicted molar refractivity (Wildman–Crippen MR) is 150 cm³/mol. The minimum absolute atomic E-state index is 0.276. The molecule has 206 valence electrons. The highest BCUT2D eigenvalue weighted by Crippen LogP contribution is 2.25. The molecular formula is C30H27F3N4O3. The number of nitrogens with two attached hydrogens (primary N) is 1. The minimum Gasteiger partial charge on any atom is -0.455 e. The molecule has 0 aliphatic heterocycles. The van der Waals surface area contributed by atoms with Gasteiger partial charge in [-0.25, -0.2) is 9.98 Å². The number of carbonyl (C=O) groups is 1. The van der Waals surface area contributed by atoms with E-state index in [0.717, 1.165) is 22.4 Å². The molecule has 40 heavy (non-hydrogen) atoms. The fourth-order valence-electron chi connectivity index (χ4n) is 3.43. The van der Waals surface area contributed by atoms with Gasteiger partial charge in [-0.15, -0.1) is 13.2 Å². The van der Waals surface area contributed by atoms with Crippen molar-refractivity contribution in [3.8, 4) is 5.75 Å². The lowest BCUT2D eigenvalue weighted by Crippen LogP contribution is -2.16. The van der Waals surface area contributed by atoms with E-state index in [1.165, 1.54) is 30.6 Å². The molecule has 0 bridgehead atoms. The van der Waals surface area contributed by atoms with Gasteiger partial charge in [0.05, 0.1) is 5.69 Å². The van der Waals surface area contributed by atoms with Crippen LogP contribution in [0.5, 0.6) is 5.75 Å². The maximum Gasteiger partial charge on any atom is 0.573 e. The molecule has 0 heterocycles. The van der Waals surface area contributed by atoms with E-state index in [9.17, 15) is 18.0 Å². The molecule has 7 nitrogen and oxygen atoms in total.